The van der Waals surface area contributed by atoms with Gasteiger partial charge in [0.2, 0.25) is 0 Å². The van der Waals surface area contributed by atoms with Crippen molar-refractivity contribution in [2.24, 2.45) is 0 Å². The maximum absolute atomic E-state index is 9.67. The molecule has 148 valence electrons. The number of pyridine rings is 1. The van der Waals surface area contributed by atoms with Crippen LogP contribution in [0.1, 0.15) is 31.9 Å². The minimum Gasteiger partial charge on any atom is -0.497 e. The molecular formula is C24H25N3O2. The normalized spacial score (nSPS) is 11.0. The first kappa shape index (κ1) is 20.2. The molecule has 0 spiro atoms. The van der Waals surface area contributed by atoms with Crippen molar-refractivity contribution in [2.45, 2.75) is 26.2 Å². The number of hydrogen-bond donors (Lipinski definition) is 1. The first-order chi connectivity index (χ1) is 13.8. The van der Waals surface area contributed by atoms with Crippen molar-refractivity contribution < 1.29 is 9.47 Å². The Hall–Kier alpha value is -3.52. The van der Waals surface area contributed by atoms with Crippen LogP contribution in [-0.4, -0.2) is 19.2 Å². The Kier molecular flexibility index (Phi) is 5.47. The minimum atomic E-state index is 0.0486. The molecule has 29 heavy (non-hydrogen) atoms. The SMILES string of the molecule is COc1ccc(OC)c(-c2cc(-c3ccc(C(C)(C)C)cc3)c(C#N)c(N)n2)c1. The number of nitrogen functional groups attached to an aromatic ring is 1. The molecule has 3 aromatic rings. The molecule has 0 atom stereocenters. The molecule has 0 saturated heterocycles. The van der Waals surface area contributed by atoms with Gasteiger partial charge in [0.25, 0.3) is 0 Å². The van der Waals surface area contributed by atoms with E-state index in [9.17, 15) is 5.26 Å². The van der Waals surface area contributed by atoms with E-state index < -0.39 is 0 Å². The molecule has 1 aromatic heterocycles. The highest BCUT2D eigenvalue weighted by Crippen LogP contribution is 2.37. The zero-order chi connectivity index (χ0) is 21.2. The lowest BCUT2D eigenvalue weighted by atomic mass is 9.86. The van der Waals surface area contributed by atoms with Crippen LogP contribution in [0.2, 0.25) is 0 Å². The number of aromatic nitrogens is 1. The number of nitrogens with zero attached hydrogens (tertiary/aromatic N) is 2. The highest BCUT2D eigenvalue weighted by Gasteiger charge is 2.18. The number of nitrogens with two attached hydrogens (primary N) is 1. The van der Waals surface area contributed by atoms with Crippen molar-refractivity contribution in [3.63, 3.8) is 0 Å². The van der Waals surface area contributed by atoms with Gasteiger partial charge in [-0.15, -0.1) is 0 Å². The predicted octanol–water partition coefficient (Wildman–Crippen LogP) is 5.18. The van der Waals surface area contributed by atoms with E-state index in [-0.39, 0.29) is 11.2 Å². The number of ether oxygens (including phenoxy) is 2. The zero-order valence-corrected chi connectivity index (χ0v) is 17.4. The predicted molar refractivity (Wildman–Crippen MR) is 116 cm³/mol. The highest BCUT2D eigenvalue weighted by molar-refractivity contribution is 5.82. The fourth-order valence-electron chi connectivity index (χ4n) is 3.21. The van der Waals surface area contributed by atoms with E-state index >= 15 is 0 Å². The summed E-state index contributed by atoms with van der Waals surface area (Å²) >= 11 is 0. The summed E-state index contributed by atoms with van der Waals surface area (Å²) < 4.78 is 10.8. The second kappa shape index (κ2) is 7.84. The molecule has 5 nitrogen and oxygen atoms in total. The fourth-order valence-corrected chi connectivity index (χ4v) is 3.21. The Morgan fingerprint density at radius 2 is 1.62 bits per heavy atom. The van der Waals surface area contributed by atoms with Crippen LogP contribution in [0.4, 0.5) is 5.82 Å². The van der Waals surface area contributed by atoms with E-state index in [1.54, 1.807) is 14.2 Å². The molecule has 0 radical (unpaired) electrons. The van der Waals surface area contributed by atoms with Crippen LogP contribution < -0.4 is 15.2 Å². The van der Waals surface area contributed by atoms with Crippen molar-refractivity contribution >= 4 is 5.82 Å². The summed E-state index contributed by atoms with van der Waals surface area (Å²) in [7, 11) is 3.21. The molecule has 0 aliphatic rings. The number of methoxy groups -OCH3 is 2. The van der Waals surface area contributed by atoms with Gasteiger partial charge in [-0.25, -0.2) is 4.98 Å². The largest absolute Gasteiger partial charge is 0.497 e. The molecular weight excluding hydrogens is 362 g/mol. The van der Waals surface area contributed by atoms with E-state index in [1.165, 1.54) is 5.56 Å². The average molecular weight is 387 g/mol. The van der Waals surface area contributed by atoms with Crippen molar-refractivity contribution in [2.75, 3.05) is 20.0 Å². The Morgan fingerprint density at radius 3 is 2.17 bits per heavy atom. The molecule has 0 fully saturated rings. The first-order valence-corrected chi connectivity index (χ1v) is 9.32. The third kappa shape index (κ3) is 4.02. The monoisotopic (exact) mass is 387 g/mol. The van der Waals surface area contributed by atoms with Gasteiger partial charge in [-0.1, -0.05) is 45.0 Å². The van der Waals surface area contributed by atoms with Gasteiger partial charge in [-0.2, -0.15) is 5.26 Å². The topological polar surface area (TPSA) is 81.2 Å². The number of anilines is 1. The average Bonchev–Trinajstić information content (AvgIpc) is 2.72. The molecule has 0 aliphatic heterocycles. The Bertz CT molecular complexity index is 1080. The van der Waals surface area contributed by atoms with E-state index in [4.69, 9.17) is 15.2 Å². The van der Waals surface area contributed by atoms with Crippen LogP contribution in [0.5, 0.6) is 11.5 Å². The first-order valence-electron chi connectivity index (χ1n) is 9.32. The van der Waals surface area contributed by atoms with E-state index in [1.807, 2.05) is 36.4 Å². The molecule has 0 amide bonds. The second-order valence-corrected chi connectivity index (χ2v) is 7.82. The summed E-state index contributed by atoms with van der Waals surface area (Å²) in [5, 5.41) is 9.67. The lowest BCUT2D eigenvalue weighted by molar-refractivity contribution is 0.404. The lowest BCUT2D eigenvalue weighted by Crippen LogP contribution is -2.10. The highest BCUT2D eigenvalue weighted by atomic mass is 16.5. The number of rotatable bonds is 4. The smallest absolute Gasteiger partial charge is 0.142 e. The molecule has 2 N–H and O–H groups in total. The Balaban J connectivity index is 2.20. The summed E-state index contributed by atoms with van der Waals surface area (Å²) in [6, 6.07) is 17.8. The van der Waals surface area contributed by atoms with Gasteiger partial charge in [0, 0.05) is 11.1 Å². The Morgan fingerprint density at radius 1 is 0.931 bits per heavy atom. The van der Waals surface area contributed by atoms with Crippen LogP contribution in [0.3, 0.4) is 0 Å². The van der Waals surface area contributed by atoms with Crippen molar-refractivity contribution in [3.05, 3.63) is 59.7 Å². The van der Waals surface area contributed by atoms with Gasteiger partial charge in [-0.05, 0) is 40.8 Å². The van der Waals surface area contributed by atoms with Crippen LogP contribution in [0.25, 0.3) is 22.4 Å². The fraction of sp³-hybridized carbons (Fsp3) is 0.250. The van der Waals surface area contributed by atoms with Crippen LogP contribution >= 0.6 is 0 Å². The maximum Gasteiger partial charge on any atom is 0.142 e. The Labute approximate surface area is 171 Å². The van der Waals surface area contributed by atoms with Crippen LogP contribution in [0.15, 0.2) is 48.5 Å². The molecule has 5 heteroatoms. The molecule has 3 rings (SSSR count). The van der Waals surface area contributed by atoms with Crippen molar-refractivity contribution in [1.82, 2.24) is 4.98 Å². The minimum absolute atomic E-state index is 0.0486. The molecule has 0 saturated carbocycles. The lowest BCUT2D eigenvalue weighted by Gasteiger charge is -2.19. The van der Waals surface area contributed by atoms with Gasteiger partial charge >= 0.3 is 0 Å². The third-order valence-electron chi connectivity index (χ3n) is 4.90. The van der Waals surface area contributed by atoms with Gasteiger partial charge in [0.05, 0.1) is 19.9 Å². The van der Waals surface area contributed by atoms with E-state index in [2.05, 4.69) is 44.0 Å². The zero-order valence-electron chi connectivity index (χ0n) is 17.4. The summed E-state index contributed by atoms with van der Waals surface area (Å²) in [6.07, 6.45) is 0. The molecule has 1 heterocycles. The van der Waals surface area contributed by atoms with Gasteiger partial charge < -0.3 is 15.2 Å². The number of benzene rings is 2. The second-order valence-electron chi connectivity index (χ2n) is 7.82. The quantitative estimate of drug-likeness (QED) is 0.667. The van der Waals surface area contributed by atoms with E-state index in [0.29, 0.717) is 22.8 Å². The third-order valence-corrected chi connectivity index (χ3v) is 4.90. The summed E-state index contributed by atoms with van der Waals surface area (Å²) in [5.41, 5.74) is 10.8. The summed E-state index contributed by atoms with van der Waals surface area (Å²) in [6.45, 7) is 6.50. The number of hydrogen-bond acceptors (Lipinski definition) is 5. The standard InChI is InChI=1S/C24H25N3O2/c1-24(2,3)16-8-6-15(7-9-16)18-13-21(27-23(26)20(18)14-25)19-12-17(28-4)10-11-22(19)29-5/h6-13H,1-5H3,(H2,26,27). The maximum atomic E-state index is 9.67. The molecule has 0 aliphatic carbocycles. The summed E-state index contributed by atoms with van der Waals surface area (Å²) in [5.74, 6) is 1.52. The van der Waals surface area contributed by atoms with Crippen molar-refractivity contribution in [3.8, 4) is 40.0 Å². The van der Waals surface area contributed by atoms with Crippen molar-refractivity contribution in [1.29, 1.82) is 5.26 Å². The van der Waals surface area contributed by atoms with E-state index in [0.717, 1.165) is 16.7 Å². The van der Waals surface area contributed by atoms with Crippen LogP contribution in [-0.2, 0) is 5.41 Å². The summed E-state index contributed by atoms with van der Waals surface area (Å²) in [4.78, 5) is 4.46. The molecule has 0 unspecified atom stereocenters. The van der Waals surface area contributed by atoms with Gasteiger partial charge in [0.1, 0.15) is 28.9 Å². The van der Waals surface area contributed by atoms with Gasteiger partial charge in [-0.3, -0.25) is 0 Å². The molecule has 2 aromatic carbocycles. The van der Waals surface area contributed by atoms with Crippen LogP contribution in [0, 0.1) is 11.3 Å². The van der Waals surface area contributed by atoms with Gasteiger partial charge in [0.15, 0.2) is 0 Å². The molecule has 0 bridgehead atoms. The number of nitriles is 1.